The Labute approximate surface area is 138 Å². The zero-order chi connectivity index (χ0) is 14.8. The predicted molar refractivity (Wildman–Crippen MR) is 94.2 cm³/mol. The Kier molecular flexibility index (Phi) is 4.06. The fourth-order valence-electron chi connectivity index (χ4n) is 2.77. The fourth-order valence-corrected chi connectivity index (χ4v) is 4.30. The first-order valence-corrected chi connectivity index (χ1v) is 9.48. The highest BCUT2D eigenvalue weighted by Crippen LogP contribution is 2.41. The molecule has 2 heterocycles. The van der Waals surface area contributed by atoms with Gasteiger partial charge in [-0.2, -0.15) is 11.3 Å². The Morgan fingerprint density at radius 3 is 2.73 bits per heavy atom. The molecule has 0 amide bonds. The molecular weight excluding hydrogens is 308 g/mol. The van der Waals surface area contributed by atoms with Crippen LogP contribution in [0.2, 0.25) is 0 Å². The highest BCUT2D eigenvalue weighted by Gasteiger charge is 2.31. The molecule has 3 aromatic rings. The second-order valence-electron chi connectivity index (χ2n) is 5.76. The van der Waals surface area contributed by atoms with Crippen LogP contribution >= 0.6 is 22.7 Å². The van der Waals surface area contributed by atoms with Gasteiger partial charge in [0.05, 0.1) is 5.69 Å². The highest BCUT2D eigenvalue weighted by atomic mass is 32.1. The minimum Gasteiger partial charge on any atom is -0.304 e. The first kappa shape index (κ1) is 14.1. The number of aromatic nitrogens is 1. The molecule has 112 valence electrons. The van der Waals surface area contributed by atoms with E-state index in [-0.39, 0.29) is 0 Å². The van der Waals surface area contributed by atoms with Crippen LogP contribution in [0.25, 0.3) is 10.6 Å². The largest absolute Gasteiger partial charge is 0.304 e. The molecule has 0 bridgehead atoms. The summed E-state index contributed by atoms with van der Waals surface area (Å²) in [6, 6.07) is 13.4. The van der Waals surface area contributed by atoms with E-state index in [1.807, 2.05) is 0 Å². The summed E-state index contributed by atoms with van der Waals surface area (Å²) in [7, 11) is 0. The van der Waals surface area contributed by atoms with Crippen molar-refractivity contribution < 1.29 is 0 Å². The Morgan fingerprint density at radius 2 is 2.00 bits per heavy atom. The van der Waals surface area contributed by atoms with Gasteiger partial charge in [0, 0.05) is 28.9 Å². The molecule has 4 heteroatoms. The summed E-state index contributed by atoms with van der Waals surface area (Å²) in [6.45, 7) is 0.844. The maximum absolute atomic E-state index is 4.76. The molecular formula is C18H18N2S2. The van der Waals surface area contributed by atoms with Gasteiger partial charge < -0.3 is 5.32 Å². The Hall–Kier alpha value is -1.49. The molecule has 22 heavy (non-hydrogen) atoms. The third kappa shape index (κ3) is 3.14. The van der Waals surface area contributed by atoms with E-state index in [1.54, 1.807) is 22.7 Å². The molecule has 1 aliphatic carbocycles. The fraction of sp³-hybridized carbons (Fsp3) is 0.278. The van der Waals surface area contributed by atoms with Gasteiger partial charge in [-0.05, 0) is 35.8 Å². The summed E-state index contributed by atoms with van der Waals surface area (Å²) in [4.78, 5) is 4.76. The first-order chi connectivity index (χ1) is 10.9. The maximum atomic E-state index is 4.76. The lowest BCUT2D eigenvalue weighted by molar-refractivity contribution is 0.477. The average molecular weight is 326 g/mol. The van der Waals surface area contributed by atoms with E-state index < -0.39 is 0 Å². The summed E-state index contributed by atoms with van der Waals surface area (Å²) in [5, 5.41) is 11.3. The minimum atomic E-state index is 0.465. The normalized spacial score (nSPS) is 15.8. The van der Waals surface area contributed by atoms with Crippen molar-refractivity contribution in [3.63, 3.8) is 0 Å². The lowest BCUT2D eigenvalue weighted by Gasteiger charge is -2.18. The van der Waals surface area contributed by atoms with E-state index in [0.717, 1.165) is 23.2 Å². The van der Waals surface area contributed by atoms with E-state index in [4.69, 9.17) is 4.98 Å². The quantitative estimate of drug-likeness (QED) is 0.680. The maximum Gasteiger partial charge on any atom is 0.124 e. The zero-order valence-electron chi connectivity index (χ0n) is 12.2. The molecule has 1 saturated carbocycles. The molecule has 0 radical (unpaired) electrons. The van der Waals surface area contributed by atoms with E-state index in [9.17, 15) is 0 Å². The second kappa shape index (κ2) is 6.32. The summed E-state index contributed by atoms with van der Waals surface area (Å²) in [6.07, 6.45) is 2.67. The molecule has 1 fully saturated rings. The van der Waals surface area contributed by atoms with Crippen molar-refractivity contribution >= 4 is 22.7 Å². The van der Waals surface area contributed by atoms with Crippen LogP contribution in [0.1, 0.15) is 30.1 Å². The van der Waals surface area contributed by atoms with Crippen molar-refractivity contribution in [3.8, 4) is 10.6 Å². The standard InChI is InChI=1S/C18H18N2S2/c1-2-4-13(5-3-1)17(14-6-7-14)19-10-16-12-22-18(20-16)15-8-9-21-11-15/h1-5,8-9,11-12,14,17,19H,6-7,10H2. The lowest BCUT2D eigenvalue weighted by Crippen LogP contribution is -2.22. The summed E-state index contributed by atoms with van der Waals surface area (Å²) in [5.74, 6) is 0.789. The van der Waals surface area contributed by atoms with Gasteiger partial charge in [-0.15, -0.1) is 11.3 Å². The van der Waals surface area contributed by atoms with Gasteiger partial charge in [-0.25, -0.2) is 4.98 Å². The van der Waals surface area contributed by atoms with Crippen LogP contribution in [0.5, 0.6) is 0 Å². The summed E-state index contributed by atoms with van der Waals surface area (Å²) < 4.78 is 0. The molecule has 4 rings (SSSR count). The van der Waals surface area contributed by atoms with Crippen LogP contribution in [-0.4, -0.2) is 4.98 Å². The third-order valence-electron chi connectivity index (χ3n) is 4.08. The molecule has 1 atom stereocenters. The molecule has 2 aromatic heterocycles. The molecule has 0 aliphatic heterocycles. The number of benzene rings is 1. The van der Waals surface area contributed by atoms with Crippen LogP contribution in [0.15, 0.2) is 52.5 Å². The molecule has 0 spiro atoms. The van der Waals surface area contributed by atoms with Crippen LogP contribution < -0.4 is 5.32 Å². The van der Waals surface area contributed by atoms with Gasteiger partial charge in [-0.1, -0.05) is 30.3 Å². The van der Waals surface area contributed by atoms with Crippen LogP contribution in [-0.2, 0) is 6.54 Å². The number of hydrogen-bond acceptors (Lipinski definition) is 4. The van der Waals surface area contributed by atoms with Gasteiger partial charge in [0.25, 0.3) is 0 Å². The topological polar surface area (TPSA) is 24.9 Å². The van der Waals surface area contributed by atoms with Crippen molar-refractivity contribution in [2.24, 2.45) is 5.92 Å². The van der Waals surface area contributed by atoms with E-state index in [0.29, 0.717) is 6.04 Å². The van der Waals surface area contributed by atoms with Gasteiger partial charge in [0.15, 0.2) is 0 Å². The number of thiazole rings is 1. The van der Waals surface area contributed by atoms with Gasteiger partial charge >= 0.3 is 0 Å². The smallest absolute Gasteiger partial charge is 0.124 e. The molecule has 2 nitrogen and oxygen atoms in total. The Balaban J connectivity index is 1.45. The van der Waals surface area contributed by atoms with Crippen molar-refractivity contribution in [2.75, 3.05) is 0 Å². The molecule has 1 aliphatic rings. The molecule has 1 aromatic carbocycles. The van der Waals surface area contributed by atoms with Gasteiger partial charge in [0.2, 0.25) is 0 Å². The monoisotopic (exact) mass is 326 g/mol. The second-order valence-corrected chi connectivity index (χ2v) is 7.40. The van der Waals surface area contributed by atoms with Gasteiger partial charge in [0.1, 0.15) is 5.01 Å². The zero-order valence-corrected chi connectivity index (χ0v) is 13.9. The summed E-state index contributed by atoms with van der Waals surface area (Å²) in [5.41, 5.74) is 3.79. The highest BCUT2D eigenvalue weighted by molar-refractivity contribution is 7.14. The third-order valence-corrected chi connectivity index (χ3v) is 5.70. The average Bonchev–Trinajstić information content (AvgIpc) is 3.05. The predicted octanol–water partition coefficient (Wildman–Crippen LogP) is 5.11. The lowest BCUT2D eigenvalue weighted by atomic mass is 10.0. The van der Waals surface area contributed by atoms with Crippen molar-refractivity contribution in [2.45, 2.75) is 25.4 Å². The number of nitrogens with one attached hydrogen (secondary N) is 1. The van der Waals surface area contributed by atoms with Crippen LogP contribution in [0, 0.1) is 5.92 Å². The number of nitrogens with zero attached hydrogens (tertiary/aromatic N) is 1. The molecule has 1 unspecified atom stereocenters. The molecule has 1 N–H and O–H groups in total. The summed E-state index contributed by atoms with van der Waals surface area (Å²) >= 11 is 3.46. The van der Waals surface area contributed by atoms with Crippen molar-refractivity contribution in [1.82, 2.24) is 10.3 Å². The number of thiophene rings is 1. The minimum absolute atomic E-state index is 0.465. The molecule has 0 saturated heterocycles. The Bertz CT molecular complexity index is 715. The van der Waals surface area contributed by atoms with E-state index >= 15 is 0 Å². The van der Waals surface area contributed by atoms with E-state index in [2.05, 4.69) is 57.9 Å². The number of hydrogen-bond donors (Lipinski definition) is 1. The van der Waals surface area contributed by atoms with Crippen LogP contribution in [0.3, 0.4) is 0 Å². The van der Waals surface area contributed by atoms with Crippen LogP contribution in [0.4, 0.5) is 0 Å². The van der Waals surface area contributed by atoms with Crippen molar-refractivity contribution in [3.05, 3.63) is 63.8 Å². The van der Waals surface area contributed by atoms with Crippen molar-refractivity contribution in [1.29, 1.82) is 0 Å². The number of rotatable bonds is 6. The van der Waals surface area contributed by atoms with E-state index in [1.165, 1.54) is 24.0 Å². The first-order valence-electron chi connectivity index (χ1n) is 7.65. The van der Waals surface area contributed by atoms with Gasteiger partial charge in [-0.3, -0.25) is 0 Å². The Morgan fingerprint density at radius 1 is 1.14 bits per heavy atom. The SMILES string of the molecule is c1ccc(C(NCc2csc(-c3ccsc3)n2)C2CC2)cc1.